The zero-order valence-electron chi connectivity index (χ0n) is 33.1. The number of pyridine rings is 1. The molecule has 6 rings (SSSR count). The van der Waals surface area contributed by atoms with Crippen molar-refractivity contribution in [2.45, 2.75) is 103 Å². The molecular weight excluding hydrogens is 691 g/mol. The van der Waals surface area contributed by atoms with Crippen LogP contribution in [0, 0.1) is 16.2 Å². The van der Waals surface area contributed by atoms with E-state index >= 15 is 0 Å². The third-order valence-corrected chi connectivity index (χ3v) is 11.1. The number of amides is 2. The lowest BCUT2D eigenvalue weighted by Gasteiger charge is -2.36. The predicted molar refractivity (Wildman–Crippen MR) is 217 cm³/mol. The maximum Gasteiger partial charge on any atom is 0.320 e. The van der Waals surface area contributed by atoms with Gasteiger partial charge in [0.2, 0.25) is 5.96 Å². The number of urea groups is 1. The number of nitrogens with one attached hydrogen (secondary N) is 4. The number of methoxy groups -OCH3 is 1. The lowest BCUT2D eigenvalue weighted by atomic mass is 9.85. The summed E-state index contributed by atoms with van der Waals surface area (Å²) in [4.78, 5) is 23.1. The number of aromatic nitrogens is 1. The fourth-order valence-corrected chi connectivity index (χ4v) is 7.66. The van der Waals surface area contributed by atoms with Crippen LogP contribution in [0.3, 0.4) is 0 Å². The molecule has 2 saturated heterocycles. The molecule has 55 heavy (non-hydrogen) atoms. The maximum atomic E-state index is 13.7. The Bertz CT molecular complexity index is 1940. The number of carbonyl (C=O) groups excluding carboxylic acids is 1. The fourth-order valence-electron chi connectivity index (χ4n) is 7.66. The van der Waals surface area contributed by atoms with Gasteiger partial charge in [-0.3, -0.25) is 25.6 Å². The maximum absolute atomic E-state index is 13.7. The van der Waals surface area contributed by atoms with Crippen molar-refractivity contribution in [2.75, 3.05) is 26.7 Å². The first-order valence-corrected chi connectivity index (χ1v) is 19.7. The highest BCUT2D eigenvalue weighted by atomic mass is 16.5. The molecular formula is C43H59N9O3. The molecule has 3 atom stereocenters. The number of hydrogen-bond donors (Lipinski definition) is 5. The normalized spacial score (nSPS) is 21.5. The quantitative estimate of drug-likeness (QED) is 0.122. The van der Waals surface area contributed by atoms with Crippen LogP contribution in [0.4, 0.5) is 10.5 Å². The molecule has 6 N–H and O–H groups in total. The highest BCUT2D eigenvalue weighted by Gasteiger charge is 2.30. The van der Waals surface area contributed by atoms with Crippen molar-refractivity contribution in [1.29, 1.82) is 10.8 Å². The summed E-state index contributed by atoms with van der Waals surface area (Å²) in [5.74, 6) is 1.26. The number of amidine groups is 1. The number of hydrogen-bond acceptors (Lipinski definition) is 8. The van der Waals surface area contributed by atoms with Crippen LogP contribution >= 0.6 is 0 Å². The highest BCUT2D eigenvalue weighted by molar-refractivity contribution is 6.05. The smallest absolute Gasteiger partial charge is 0.320 e. The number of ether oxygens (including phenoxy) is 2. The Labute approximate surface area is 325 Å². The second-order valence-corrected chi connectivity index (χ2v) is 16.2. The van der Waals surface area contributed by atoms with Crippen LogP contribution in [0.15, 0.2) is 83.6 Å². The van der Waals surface area contributed by atoms with E-state index in [0.29, 0.717) is 42.2 Å². The highest BCUT2D eigenvalue weighted by Crippen LogP contribution is 2.38. The van der Waals surface area contributed by atoms with Crippen LogP contribution in [0.1, 0.15) is 101 Å². The molecule has 3 heterocycles. The van der Waals surface area contributed by atoms with Crippen molar-refractivity contribution in [1.82, 2.24) is 25.0 Å². The summed E-state index contributed by atoms with van der Waals surface area (Å²) in [5.41, 5.74) is 10.9. The molecule has 12 heteroatoms. The zero-order chi connectivity index (χ0) is 39.1. The van der Waals surface area contributed by atoms with Crippen molar-refractivity contribution in [2.24, 2.45) is 16.1 Å². The number of rotatable bonds is 8. The summed E-state index contributed by atoms with van der Waals surface area (Å²) in [6, 6.07) is 19.3. The Morgan fingerprint density at radius 3 is 2.47 bits per heavy atom. The second-order valence-electron chi connectivity index (χ2n) is 16.2. The summed E-state index contributed by atoms with van der Waals surface area (Å²) in [6.45, 7) is 11.8. The SMILES string of the molecule is COC1CCN(Cc2cccc(N=C(C=C(N)C(C)(C)C)NC(=O)N[C@H]3CC[C@@H](Oc4ccc(=N)n(C(=N)N5CCCC[C@@H]5C)c4)c4ccccc43)c2)CC1. The molecule has 3 aliphatic rings. The molecule has 1 aliphatic carbocycles. The number of fused-ring (bicyclic) bond motifs is 1. The van der Waals surface area contributed by atoms with Gasteiger partial charge < -0.3 is 25.4 Å². The Balaban J connectivity index is 1.16. The van der Waals surface area contributed by atoms with Crippen LogP contribution in [0.5, 0.6) is 5.75 Å². The molecule has 1 aromatic heterocycles. The van der Waals surface area contributed by atoms with Gasteiger partial charge in [0.05, 0.1) is 24.0 Å². The van der Waals surface area contributed by atoms with Gasteiger partial charge in [0.1, 0.15) is 23.2 Å². The van der Waals surface area contributed by atoms with Crippen LogP contribution in [0.25, 0.3) is 0 Å². The molecule has 0 radical (unpaired) electrons. The molecule has 294 valence electrons. The van der Waals surface area contributed by atoms with E-state index in [1.807, 2.05) is 57.2 Å². The van der Waals surface area contributed by atoms with Gasteiger partial charge in [0.25, 0.3) is 0 Å². The number of likely N-dealkylation sites (tertiary alicyclic amines) is 2. The Morgan fingerprint density at radius 2 is 1.75 bits per heavy atom. The summed E-state index contributed by atoms with van der Waals surface area (Å²) in [6.07, 6.45) is 10.2. The van der Waals surface area contributed by atoms with Crippen molar-refractivity contribution in [3.05, 3.63) is 101 Å². The van der Waals surface area contributed by atoms with Gasteiger partial charge in [-0.15, -0.1) is 0 Å². The van der Waals surface area contributed by atoms with Crippen LogP contribution < -0.4 is 26.6 Å². The standard InChI is InChI=1S/C43H59N9O3/c1-29-11-8-9-22-51(29)41(46)52-28-33(16-19-39(52)45)55-37-18-17-36(34-14-6-7-15-35(34)37)48-42(53)49-40(26-38(44)43(2,3)4)47-31-13-10-12-30(25-31)27-50-23-20-32(54-5)21-24-50/h6-7,10,12-16,19,25-26,28-29,32,36-37,45-46H,8-9,11,17-18,20-24,27,44H2,1-5H3,(H2,47,48,49,53)/t29-,36-,37+/m0/s1. The van der Waals surface area contributed by atoms with E-state index in [-0.39, 0.29) is 35.1 Å². The van der Waals surface area contributed by atoms with Crippen molar-refractivity contribution < 1.29 is 14.3 Å². The van der Waals surface area contributed by atoms with Gasteiger partial charge in [0.15, 0.2) is 0 Å². The lowest BCUT2D eigenvalue weighted by Crippen LogP contribution is -2.47. The van der Waals surface area contributed by atoms with Gasteiger partial charge in [-0.2, -0.15) is 0 Å². The van der Waals surface area contributed by atoms with Crippen molar-refractivity contribution in [3.63, 3.8) is 0 Å². The fraction of sp³-hybridized carbons (Fsp3) is 0.488. The summed E-state index contributed by atoms with van der Waals surface area (Å²) in [7, 11) is 1.79. The largest absolute Gasteiger partial charge is 0.484 e. The first-order chi connectivity index (χ1) is 26.4. The average molecular weight is 750 g/mol. The minimum Gasteiger partial charge on any atom is -0.484 e. The van der Waals surface area contributed by atoms with E-state index in [2.05, 4.69) is 39.5 Å². The molecule has 0 spiro atoms. The minimum absolute atomic E-state index is 0.239. The molecule has 2 aliphatic heterocycles. The molecule has 2 aromatic carbocycles. The summed E-state index contributed by atoms with van der Waals surface area (Å²) in [5, 5.41) is 23.6. The molecule has 3 aromatic rings. The predicted octanol–water partition coefficient (Wildman–Crippen LogP) is 7.11. The number of allylic oxidation sites excluding steroid dienone is 1. The molecule has 12 nitrogen and oxygen atoms in total. The third kappa shape index (κ3) is 10.2. The van der Waals surface area contributed by atoms with Crippen molar-refractivity contribution in [3.8, 4) is 5.75 Å². The van der Waals surface area contributed by atoms with E-state index in [4.69, 9.17) is 31.0 Å². The summed E-state index contributed by atoms with van der Waals surface area (Å²) >= 11 is 0. The first kappa shape index (κ1) is 39.7. The van der Waals surface area contributed by atoms with Gasteiger partial charge in [-0.05, 0) is 92.8 Å². The van der Waals surface area contributed by atoms with E-state index in [1.54, 1.807) is 36.1 Å². The topological polar surface area (TPSA) is 157 Å². The molecule has 2 fully saturated rings. The minimum atomic E-state index is -0.370. The van der Waals surface area contributed by atoms with E-state index < -0.39 is 0 Å². The van der Waals surface area contributed by atoms with Crippen molar-refractivity contribution >= 4 is 23.5 Å². The van der Waals surface area contributed by atoms with Gasteiger partial charge in [0, 0.05) is 56.5 Å². The number of piperidine rings is 2. The van der Waals surface area contributed by atoms with Crippen LogP contribution in [0.2, 0.25) is 0 Å². The number of aliphatic imine (C=N–C) groups is 1. The first-order valence-electron chi connectivity index (χ1n) is 19.7. The second kappa shape index (κ2) is 17.7. The number of benzene rings is 2. The Hall–Kier alpha value is -4.94. The number of nitrogens with zero attached hydrogens (tertiary/aromatic N) is 4. The van der Waals surface area contributed by atoms with E-state index in [1.165, 1.54) is 0 Å². The monoisotopic (exact) mass is 749 g/mol. The summed E-state index contributed by atoms with van der Waals surface area (Å²) < 4.78 is 13.7. The van der Waals surface area contributed by atoms with Gasteiger partial charge >= 0.3 is 6.03 Å². The Kier molecular flexibility index (Phi) is 12.8. The van der Waals surface area contributed by atoms with Gasteiger partial charge in [-0.1, -0.05) is 57.2 Å². The average Bonchev–Trinajstić information content (AvgIpc) is 3.16. The van der Waals surface area contributed by atoms with Gasteiger partial charge in [-0.25, -0.2) is 9.79 Å². The van der Waals surface area contributed by atoms with E-state index in [0.717, 1.165) is 80.7 Å². The molecule has 0 bridgehead atoms. The van der Waals surface area contributed by atoms with E-state index in [9.17, 15) is 4.79 Å². The third-order valence-electron chi connectivity index (χ3n) is 11.1. The Morgan fingerprint density at radius 1 is 0.982 bits per heavy atom. The molecule has 0 unspecified atom stereocenters. The lowest BCUT2D eigenvalue weighted by molar-refractivity contribution is 0.0389. The zero-order valence-corrected chi connectivity index (χ0v) is 33.1. The van der Waals surface area contributed by atoms with Crippen LogP contribution in [-0.4, -0.2) is 71.1 Å². The molecule has 0 saturated carbocycles. The number of nitrogens with two attached hydrogens (primary N) is 1. The number of carbonyl (C=O) groups is 1. The van der Waals surface area contributed by atoms with Crippen LogP contribution in [-0.2, 0) is 11.3 Å². The molecule has 2 amide bonds.